The third kappa shape index (κ3) is 4.00. The van der Waals surface area contributed by atoms with Crippen molar-refractivity contribution in [1.82, 2.24) is 39.6 Å². The number of amides is 1. The second-order valence-corrected chi connectivity index (χ2v) is 9.40. The maximum absolute atomic E-state index is 12.2. The molecule has 5 heterocycles. The summed E-state index contributed by atoms with van der Waals surface area (Å²) in [5, 5.41) is 17.5. The molecular weight excluding hydrogens is 446 g/mol. The minimum atomic E-state index is -0.495. The van der Waals surface area contributed by atoms with Crippen LogP contribution < -0.4 is 5.73 Å². The van der Waals surface area contributed by atoms with Crippen molar-refractivity contribution in [1.29, 1.82) is 0 Å². The highest BCUT2D eigenvalue weighted by molar-refractivity contribution is 6.02. The number of H-pyrrole nitrogens is 1. The van der Waals surface area contributed by atoms with Gasteiger partial charge >= 0.3 is 0 Å². The Hall–Kier alpha value is -3.57. The number of carbonyl (C=O) groups excluding carboxylic acids is 1. The number of carbonyl (C=O) groups is 1. The fourth-order valence-corrected chi connectivity index (χ4v) is 5.27. The Kier molecular flexibility index (Phi) is 5.37. The number of nitrogens with two attached hydrogens (primary N) is 1. The Morgan fingerprint density at radius 3 is 2.71 bits per heavy atom. The molecule has 2 aliphatic heterocycles. The van der Waals surface area contributed by atoms with E-state index < -0.39 is 5.91 Å². The number of aromatic amines is 1. The number of likely N-dealkylation sites (tertiary alicyclic amines) is 1. The number of benzene rings is 1. The third-order valence-electron chi connectivity index (χ3n) is 6.97. The zero-order valence-electron chi connectivity index (χ0n) is 19.9. The highest BCUT2D eigenvalue weighted by Crippen LogP contribution is 2.30. The second-order valence-electron chi connectivity index (χ2n) is 9.40. The van der Waals surface area contributed by atoms with Crippen molar-refractivity contribution in [3.8, 4) is 22.9 Å². The Labute approximate surface area is 202 Å². The number of hydrogen-bond acceptors (Lipinski definition) is 7. The molecule has 0 saturated carbocycles. The monoisotopic (exact) mass is 475 g/mol. The summed E-state index contributed by atoms with van der Waals surface area (Å²) in [6.45, 7) is 8.19. The molecule has 11 nitrogen and oxygen atoms in total. The van der Waals surface area contributed by atoms with Gasteiger partial charge in [-0.2, -0.15) is 15.3 Å². The predicted molar refractivity (Wildman–Crippen MR) is 130 cm³/mol. The molecule has 2 aliphatic rings. The van der Waals surface area contributed by atoms with Crippen LogP contribution in [0.3, 0.4) is 0 Å². The number of nitrogens with zero attached hydrogens (tertiary/aromatic N) is 7. The summed E-state index contributed by atoms with van der Waals surface area (Å²) in [4.78, 5) is 19.4. The number of rotatable bonds is 7. The zero-order chi connectivity index (χ0) is 24.1. The van der Waals surface area contributed by atoms with Gasteiger partial charge in [-0.05, 0) is 44.9 Å². The first kappa shape index (κ1) is 21.9. The van der Waals surface area contributed by atoms with Crippen LogP contribution in [0.5, 0.6) is 0 Å². The topological polar surface area (TPSA) is 133 Å². The average molecular weight is 476 g/mol. The van der Waals surface area contributed by atoms with Crippen LogP contribution in [0.15, 0.2) is 24.4 Å². The molecule has 6 rings (SSSR count). The van der Waals surface area contributed by atoms with Crippen LogP contribution in [0.4, 0.5) is 0 Å². The fourth-order valence-electron chi connectivity index (χ4n) is 5.27. The van der Waals surface area contributed by atoms with Gasteiger partial charge in [0.1, 0.15) is 5.69 Å². The minimum Gasteiger partial charge on any atom is -0.372 e. The third-order valence-corrected chi connectivity index (χ3v) is 6.97. The van der Waals surface area contributed by atoms with Crippen molar-refractivity contribution < 1.29 is 9.53 Å². The molecule has 3 aromatic heterocycles. The molecule has 2 atom stereocenters. The quantitative estimate of drug-likeness (QED) is 0.417. The summed E-state index contributed by atoms with van der Waals surface area (Å²) in [5.74, 6) is 0.610. The van der Waals surface area contributed by atoms with E-state index in [9.17, 15) is 4.79 Å². The Bertz CT molecular complexity index is 1390. The standard InChI is InChI=1S/C24H29N9O2/c1-3-32-21(8-14(2)30-32)24-27-23(28-29-24)18-9-15(22(25)34)10-20-19(18)11-26-33(20)7-6-31-12-16-4-5-17(13-31)35-16/h8-11,16-17H,3-7,12-13H2,1-2H3,(H2,25,34)(H,27,28,29). The number of nitrogens with one attached hydrogen (secondary N) is 1. The lowest BCUT2D eigenvalue weighted by Gasteiger charge is -2.31. The molecule has 4 aromatic rings. The summed E-state index contributed by atoms with van der Waals surface area (Å²) < 4.78 is 9.76. The van der Waals surface area contributed by atoms with Gasteiger partial charge in [-0.1, -0.05) is 0 Å². The molecule has 1 amide bonds. The van der Waals surface area contributed by atoms with Crippen molar-refractivity contribution >= 4 is 16.8 Å². The number of hydrogen-bond donors (Lipinski definition) is 2. The van der Waals surface area contributed by atoms with Crippen molar-refractivity contribution in [3.05, 3.63) is 35.7 Å². The summed E-state index contributed by atoms with van der Waals surface area (Å²) in [7, 11) is 0. The Morgan fingerprint density at radius 1 is 1.17 bits per heavy atom. The molecule has 0 spiro atoms. The van der Waals surface area contributed by atoms with E-state index in [1.165, 1.54) is 0 Å². The molecule has 2 saturated heterocycles. The molecule has 11 heteroatoms. The maximum Gasteiger partial charge on any atom is 0.248 e. The van der Waals surface area contributed by atoms with Gasteiger partial charge in [-0.3, -0.25) is 24.2 Å². The van der Waals surface area contributed by atoms with E-state index in [0.29, 0.717) is 42.5 Å². The fraction of sp³-hybridized carbons (Fsp3) is 0.458. The van der Waals surface area contributed by atoms with Crippen LogP contribution in [0, 0.1) is 6.92 Å². The van der Waals surface area contributed by atoms with E-state index in [1.54, 1.807) is 6.07 Å². The smallest absolute Gasteiger partial charge is 0.248 e. The van der Waals surface area contributed by atoms with E-state index in [0.717, 1.165) is 60.3 Å². The molecule has 2 fully saturated rings. The first-order valence-corrected chi connectivity index (χ1v) is 12.1. The Morgan fingerprint density at radius 2 is 1.97 bits per heavy atom. The van der Waals surface area contributed by atoms with Gasteiger partial charge in [0, 0.05) is 42.7 Å². The average Bonchev–Trinajstić information content (AvgIpc) is 3.63. The zero-order valence-corrected chi connectivity index (χ0v) is 19.9. The lowest BCUT2D eigenvalue weighted by molar-refractivity contribution is -0.0391. The molecule has 2 unspecified atom stereocenters. The van der Waals surface area contributed by atoms with Gasteiger partial charge in [0.15, 0.2) is 11.6 Å². The summed E-state index contributed by atoms with van der Waals surface area (Å²) in [6.07, 6.45) is 4.82. The predicted octanol–water partition coefficient (Wildman–Crippen LogP) is 1.98. The number of ether oxygens (including phenoxy) is 1. The van der Waals surface area contributed by atoms with Crippen LogP contribution in [0.1, 0.15) is 35.8 Å². The molecule has 0 aliphatic carbocycles. The molecule has 0 radical (unpaired) electrons. The van der Waals surface area contributed by atoms with Crippen molar-refractivity contribution in [2.75, 3.05) is 19.6 Å². The highest BCUT2D eigenvalue weighted by atomic mass is 16.5. The van der Waals surface area contributed by atoms with Gasteiger partial charge in [0.05, 0.1) is 36.2 Å². The summed E-state index contributed by atoms with van der Waals surface area (Å²) >= 11 is 0. The maximum atomic E-state index is 12.2. The van der Waals surface area contributed by atoms with Crippen LogP contribution in [-0.4, -0.2) is 77.4 Å². The van der Waals surface area contributed by atoms with Gasteiger partial charge in [0.25, 0.3) is 0 Å². The normalized spacial score (nSPS) is 20.2. The van der Waals surface area contributed by atoms with E-state index >= 15 is 0 Å². The first-order valence-electron chi connectivity index (χ1n) is 12.1. The van der Waals surface area contributed by atoms with Crippen LogP contribution >= 0.6 is 0 Å². The Balaban J connectivity index is 1.33. The number of aromatic nitrogens is 7. The molecule has 2 bridgehead atoms. The molecule has 1 aromatic carbocycles. The summed E-state index contributed by atoms with van der Waals surface area (Å²) in [6, 6.07) is 5.52. The van der Waals surface area contributed by atoms with Crippen molar-refractivity contribution in [2.45, 2.75) is 52.0 Å². The van der Waals surface area contributed by atoms with Crippen molar-refractivity contribution in [3.63, 3.8) is 0 Å². The van der Waals surface area contributed by atoms with Gasteiger partial charge in [-0.25, -0.2) is 4.98 Å². The lowest BCUT2D eigenvalue weighted by Crippen LogP contribution is -2.43. The SMILES string of the molecule is CCn1nc(C)cc1-c1n[nH]c(-c2cc(C(N)=O)cc3c2cnn3CCN2CC3CCC(C2)O3)n1. The second kappa shape index (κ2) is 8.58. The van der Waals surface area contributed by atoms with Crippen LogP contribution in [-0.2, 0) is 17.8 Å². The number of primary amides is 1. The number of aryl methyl sites for hydroxylation is 2. The van der Waals surface area contributed by atoms with Crippen LogP contribution in [0.25, 0.3) is 33.8 Å². The number of morpholine rings is 1. The van der Waals surface area contributed by atoms with Gasteiger partial charge < -0.3 is 10.5 Å². The molecule has 3 N–H and O–H groups in total. The number of fused-ring (bicyclic) bond motifs is 3. The minimum absolute atomic E-state index is 0.352. The van der Waals surface area contributed by atoms with E-state index in [-0.39, 0.29) is 0 Å². The lowest BCUT2D eigenvalue weighted by atomic mass is 10.0. The van der Waals surface area contributed by atoms with E-state index in [1.807, 2.05) is 41.5 Å². The molecule has 182 valence electrons. The van der Waals surface area contributed by atoms with Gasteiger partial charge in [0.2, 0.25) is 5.91 Å². The van der Waals surface area contributed by atoms with Crippen molar-refractivity contribution in [2.24, 2.45) is 5.73 Å². The molecule has 35 heavy (non-hydrogen) atoms. The van der Waals surface area contributed by atoms with Crippen LogP contribution in [0.2, 0.25) is 0 Å². The molecular formula is C24H29N9O2. The first-order chi connectivity index (χ1) is 17.0. The largest absolute Gasteiger partial charge is 0.372 e. The van der Waals surface area contributed by atoms with Gasteiger partial charge in [-0.15, -0.1) is 0 Å². The summed E-state index contributed by atoms with van der Waals surface area (Å²) in [5.41, 5.74) is 9.43. The van der Waals surface area contributed by atoms with E-state index in [2.05, 4.69) is 25.3 Å². The highest BCUT2D eigenvalue weighted by Gasteiger charge is 2.33. The van der Waals surface area contributed by atoms with E-state index in [4.69, 9.17) is 15.5 Å².